The molecule has 160 valence electrons. The Morgan fingerprint density at radius 1 is 0.968 bits per heavy atom. The molecule has 1 aliphatic carbocycles. The Kier molecular flexibility index (Phi) is 5.57. The number of carbonyl (C=O) groups excluding carboxylic acids is 2. The molecule has 0 bridgehead atoms. The van der Waals surface area contributed by atoms with Crippen molar-refractivity contribution in [2.75, 3.05) is 32.7 Å². The number of ketones is 1. The monoisotopic (exact) mass is 416 g/mol. The summed E-state index contributed by atoms with van der Waals surface area (Å²) in [5, 5.41) is 4.02. The van der Waals surface area contributed by atoms with E-state index in [-0.39, 0.29) is 17.7 Å². The zero-order chi connectivity index (χ0) is 21.2. The van der Waals surface area contributed by atoms with Crippen molar-refractivity contribution in [3.05, 3.63) is 71.9 Å². The van der Waals surface area contributed by atoms with E-state index in [0.29, 0.717) is 12.6 Å². The van der Waals surface area contributed by atoms with Crippen LogP contribution in [0.5, 0.6) is 0 Å². The molecule has 1 aromatic heterocycles. The Balaban J connectivity index is 1.34. The van der Waals surface area contributed by atoms with Gasteiger partial charge in [-0.15, -0.1) is 0 Å². The fourth-order valence-corrected chi connectivity index (χ4v) is 4.47. The molecule has 5 rings (SSSR count). The first kappa shape index (κ1) is 20.0. The van der Waals surface area contributed by atoms with E-state index in [1.165, 1.54) is 0 Å². The molecule has 0 unspecified atom stereocenters. The lowest BCUT2D eigenvalue weighted by atomic mass is 9.95. The average molecular weight is 417 g/mol. The normalized spacial score (nSPS) is 18.7. The van der Waals surface area contributed by atoms with Crippen molar-refractivity contribution in [2.45, 2.75) is 24.9 Å². The quantitative estimate of drug-likeness (QED) is 0.581. The highest BCUT2D eigenvalue weighted by atomic mass is 16.2. The first-order chi connectivity index (χ1) is 15.2. The predicted octanol–water partition coefficient (Wildman–Crippen LogP) is 2.99. The molecular formula is C25H28N4O2. The van der Waals surface area contributed by atoms with Crippen molar-refractivity contribution in [2.24, 2.45) is 0 Å². The first-order valence-electron chi connectivity index (χ1n) is 11.1. The second kappa shape index (κ2) is 8.65. The number of carbonyl (C=O) groups is 2. The molecule has 2 heterocycles. The molecule has 2 aliphatic rings. The minimum atomic E-state index is -0.331. The van der Waals surface area contributed by atoms with E-state index >= 15 is 0 Å². The summed E-state index contributed by atoms with van der Waals surface area (Å²) < 4.78 is 0. The second-order valence-corrected chi connectivity index (χ2v) is 8.58. The molecule has 0 radical (unpaired) electrons. The van der Waals surface area contributed by atoms with Crippen LogP contribution in [0.4, 0.5) is 0 Å². The number of aromatic nitrogens is 1. The minimum Gasteiger partial charge on any atom is -0.360 e. The van der Waals surface area contributed by atoms with E-state index in [4.69, 9.17) is 0 Å². The van der Waals surface area contributed by atoms with E-state index in [1.54, 1.807) is 0 Å². The molecule has 31 heavy (non-hydrogen) atoms. The molecule has 1 saturated heterocycles. The predicted molar refractivity (Wildman–Crippen MR) is 121 cm³/mol. The van der Waals surface area contributed by atoms with Crippen molar-refractivity contribution in [1.82, 2.24) is 20.1 Å². The van der Waals surface area contributed by atoms with Crippen LogP contribution in [0.1, 0.15) is 34.8 Å². The maximum Gasteiger partial charge on any atom is 0.234 e. The number of para-hydroxylation sites is 1. The molecule has 1 saturated carbocycles. The van der Waals surface area contributed by atoms with E-state index < -0.39 is 0 Å². The third kappa shape index (κ3) is 4.40. The molecule has 2 fully saturated rings. The maximum atomic E-state index is 13.8. The van der Waals surface area contributed by atoms with Crippen molar-refractivity contribution in [3.8, 4) is 0 Å². The van der Waals surface area contributed by atoms with Crippen LogP contribution < -0.4 is 5.32 Å². The third-order valence-electron chi connectivity index (χ3n) is 6.30. The summed E-state index contributed by atoms with van der Waals surface area (Å²) >= 11 is 0. The lowest BCUT2D eigenvalue weighted by Crippen LogP contribution is -2.51. The van der Waals surface area contributed by atoms with Crippen molar-refractivity contribution >= 4 is 22.6 Å². The number of hydrogen-bond acceptors (Lipinski definition) is 4. The van der Waals surface area contributed by atoms with Gasteiger partial charge >= 0.3 is 0 Å². The Hall–Kier alpha value is -2.96. The summed E-state index contributed by atoms with van der Waals surface area (Å²) in [4.78, 5) is 33.6. The number of rotatable bonds is 7. The van der Waals surface area contributed by atoms with Crippen LogP contribution in [0.15, 0.2) is 60.8 Å². The highest BCUT2D eigenvalue weighted by Gasteiger charge is 2.33. The van der Waals surface area contributed by atoms with Crippen molar-refractivity contribution in [3.63, 3.8) is 0 Å². The van der Waals surface area contributed by atoms with Crippen LogP contribution in [0.25, 0.3) is 10.9 Å². The van der Waals surface area contributed by atoms with Gasteiger partial charge in [-0.1, -0.05) is 48.5 Å². The molecular weight excluding hydrogens is 388 g/mol. The molecule has 2 aromatic carbocycles. The number of nitrogens with zero attached hydrogens (tertiary/aromatic N) is 2. The topological polar surface area (TPSA) is 68.4 Å². The standard InChI is InChI=1S/C25H28N4O2/c30-23(27-19-10-11-19)17-28-12-14-29(15-13-28)24(18-6-2-1-3-7-18)25(31)21-16-26-22-9-5-4-8-20(21)22/h1-9,16,19,24,26H,10-15,17H2,(H,27,30)/t24-/m0/s1. The third-order valence-corrected chi connectivity index (χ3v) is 6.30. The fraction of sp³-hybridized carbons (Fsp3) is 0.360. The highest BCUT2D eigenvalue weighted by molar-refractivity contribution is 6.10. The SMILES string of the molecule is O=C(CN1CCN([C@H](C(=O)c2c[nH]c3ccccc23)c2ccccc2)CC1)NC1CC1. The van der Waals surface area contributed by atoms with Crippen LogP contribution in [-0.2, 0) is 4.79 Å². The van der Waals surface area contributed by atoms with Gasteiger partial charge in [-0.3, -0.25) is 19.4 Å². The number of H-pyrrole nitrogens is 1. The number of aromatic amines is 1. The Morgan fingerprint density at radius 3 is 2.42 bits per heavy atom. The molecule has 0 spiro atoms. The van der Waals surface area contributed by atoms with Gasteiger partial charge in [0.2, 0.25) is 5.91 Å². The van der Waals surface area contributed by atoms with Gasteiger partial charge in [0.1, 0.15) is 0 Å². The maximum absolute atomic E-state index is 13.8. The minimum absolute atomic E-state index is 0.114. The summed E-state index contributed by atoms with van der Waals surface area (Å²) in [5.74, 6) is 0.231. The van der Waals surface area contributed by atoms with E-state index in [0.717, 1.165) is 61.1 Å². The Morgan fingerprint density at radius 2 is 1.68 bits per heavy atom. The lowest BCUT2D eigenvalue weighted by Gasteiger charge is -2.38. The Labute approximate surface area is 182 Å². The highest BCUT2D eigenvalue weighted by Crippen LogP contribution is 2.29. The second-order valence-electron chi connectivity index (χ2n) is 8.58. The molecule has 6 nitrogen and oxygen atoms in total. The first-order valence-corrected chi connectivity index (χ1v) is 11.1. The van der Waals surface area contributed by atoms with Gasteiger partial charge in [-0.25, -0.2) is 0 Å². The molecule has 1 amide bonds. The summed E-state index contributed by atoms with van der Waals surface area (Å²) in [6, 6.07) is 18.0. The number of fused-ring (bicyclic) bond motifs is 1. The summed E-state index contributed by atoms with van der Waals surface area (Å²) in [6.45, 7) is 3.51. The molecule has 6 heteroatoms. The van der Waals surface area contributed by atoms with Gasteiger partial charge in [0.05, 0.1) is 12.6 Å². The van der Waals surface area contributed by atoms with Crippen LogP contribution in [0, 0.1) is 0 Å². The number of Topliss-reactive ketones (excluding diaryl/α,β-unsaturated/α-hetero) is 1. The van der Waals surface area contributed by atoms with Crippen LogP contribution in [-0.4, -0.2) is 65.2 Å². The van der Waals surface area contributed by atoms with Gasteiger partial charge in [0.25, 0.3) is 0 Å². The largest absolute Gasteiger partial charge is 0.360 e. The average Bonchev–Trinajstić information content (AvgIpc) is 3.50. The van der Waals surface area contributed by atoms with Crippen LogP contribution in [0.2, 0.25) is 0 Å². The molecule has 3 aromatic rings. The van der Waals surface area contributed by atoms with Crippen molar-refractivity contribution < 1.29 is 9.59 Å². The van der Waals surface area contributed by atoms with Crippen molar-refractivity contribution in [1.29, 1.82) is 0 Å². The zero-order valence-corrected chi connectivity index (χ0v) is 17.6. The van der Waals surface area contributed by atoms with E-state index in [9.17, 15) is 9.59 Å². The molecule has 1 atom stereocenters. The van der Waals surface area contributed by atoms with Gasteiger partial charge < -0.3 is 10.3 Å². The smallest absolute Gasteiger partial charge is 0.234 e. The number of nitrogens with one attached hydrogen (secondary N) is 2. The van der Waals surface area contributed by atoms with Crippen LogP contribution in [0.3, 0.4) is 0 Å². The fourth-order valence-electron chi connectivity index (χ4n) is 4.47. The van der Waals surface area contributed by atoms with E-state index in [2.05, 4.69) is 20.1 Å². The molecule has 1 aliphatic heterocycles. The lowest BCUT2D eigenvalue weighted by molar-refractivity contribution is -0.122. The Bertz CT molecular complexity index is 1070. The number of amides is 1. The van der Waals surface area contributed by atoms with Gasteiger partial charge in [0, 0.05) is 54.9 Å². The van der Waals surface area contributed by atoms with Gasteiger partial charge in [-0.2, -0.15) is 0 Å². The number of benzene rings is 2. The van der Waals surface area contributed by atoms with Gasteiger partial charge in [-0.05, 0) is 24.5 Å². The zero-order valence-electron chi connectivity index (χ0n) is 17.6. The number of piperazine rings is 1. The summed E-state index contributed by atoms with van der Waals surface area (Å²) in [5.41, 5.74) is 2.72. The summed E-state index contributed by atoms with van der Waals surface area (Å²) in [7, 11) is 0. The molecule has 2 N–H and O–H groups in total. The number of hydrogen-bond donors (Lipinski definition) is 2. The van der Waals surface area contributed by atoms with Crippen LogP contribution >= 0.6 is 0 Å². The summed E-state index contributed by atoms with van der Waals surface area (Å²) in [6.07, 6.45) is 4.05. The van der Waals surface area contributed by atoms with E-state index in [1.807, 2.05) is 60.8 Å². The van der Waals surface area contributed by atoms with Gasteiger partial charge in [0.15, 0.2) is 5.78 Å².